The van der Waals surface area contributed by atoms with E-state index in [0.29, 0.717) is 54.3 Å². The number of hydrogen-bond acceptors (Lipinski definition) is 7. The zero-order chi connectivity index (χ0) is 25.9. The van der Waals surface area contributed by atoms with Gasteiger partial charge in [-0.3, -0.25) is 0 Å². The van der Waals surface area contributed by atoms with Gasteiger partial charge in [0.1, 0.15) is 40.9 Å². The van der Waals surface area contributed by atoms with Crippen molar-refractivity contribution >= 4 is 28.7 Å². The first kappa shape index (κ1) is 24.3. The lowest BCUT2D eigenvalue weighted by molar-refractivity contribution is 0.0640. The molecule has 0 atom stereocenters. The number of carbonyl (C=O) groups is 2. The molecule has 0 bridgehead atoms. The van der Waals surface area contributed by atoms with Crippen LogP contribution in [0.1, 0.15) is 15.9 Å². The minimum Gasteiger partial charge on any atom is -0.487 e. The summed E-state index contributed by atoms with van der Waals surface area (Å²) >= 11 is 0. The van der Waals surface area contributed by atoms with Gasteiger partial charge in [0.2, 0.25) is 0 Å². The molecule has 2 N–H and O–H groups in total. The molecule has 5 rings (SSSR count). The average molecular weight is 508 g/mol. The zero-order valence-electron chi connectivity index (χ0n) is 19.5. The number of primary amides is 1. The fraction of sp³-hybridized carbons (Fsp3) is 0.185. The Morgan fingerprint density at radius 2 is 1.59 bits per heavy atom. The van der Waals surface area contributed by atoms with Crippen molar-refractivity contribution in [3.8, 4) is 17.1 Å². The lowest BCUT2D eigenvalue weighted by atomic mass is 10.0. The number of amides is 1. The number of rotatable bonds is 6. The van der Waals surface area contributed by atoms with Crippen LogP contribution in [0, 0.1) is 11.6 Å². The summed E-state index contributed by atoms with van der Waals surface area (Å²) in [6, 6.07) is 14.6. The first-order valence-corrected chi connectivity index (χ1v) is 11.5. The summed E-state index contributed by atoms with van der Waals surface area (Å²) in [6.45, 7) is 2.36. The summed E-state index contributed by atoms with van der Waals surface area (Å²) in [6.07, 6.45) is -1.28. The molecular weight excluding hydrogens is 486 g/mol. The molecule has 2 heterocycles. The topological polar surface area (TPSA) is 104 Å². The van der Waals surface area contributed by atoms with Gasteiger partial charge in [-0.1, -0.05) is 12.1 Å². The minimum absolute atomic E-state index is 0.0550. The molecule has 0 aliphatic carbocycles. The van der Waals surface area contributed by atoms with Crippen LogP contribution in [0.4, 0.5) is 19.3 Å². The van der Waals surface area contributed by atoms with Crippen molar-refractivity contribution in [2.24, 2.45) is 5.73 Å². The van der Waals surface area contributed by atoms with Crippen LogP contribution in [0.15, 0.2) is 65.1 Å². The predicted molar refractivity (Wildman–Crippen MR) is 130 cm³/mol. The number of morpholine rings is 1. The molecule has 1 fully saturated rings. The van der Waals surface area contributed by atoms with Gasteiger partial charge in [0, 0.05) is 30.1 Å². The number of benzene rings is 3. The molecule has 8 nitrogen and oxygen atoms in total. The minimum atomic E-state index is -1.28. The van der Waals surface area contributed by atoms with E-state index in [-0.39, 0.29) is 23.7 Å². The number of hydrogen-bond donors (Lipinski definition) is 1. The van der Waals surface area contributed by atoms with Crippen molar-refractivity contribution < 1.29 is 37.0 Å². The van der Waals surface area contributed by atoms with Crippen molar-refractivity contribution in [1.29, 1.82) is 0 Å². The Hall–Kier alpha value is -4.44. The second-order valence-electron chi connectivity index (χ2n) is 8.35. The first-order chi connectivity index (χ1) is 17.9. The maximum Gasteiger partial charge on any atom is 0.412 e. The van der Waals surface area contributed by atoms with Crippen LogP contribution in [-0.4, -0.2) is 38.4 Å². The van der Waals surface area contributed by atoms with Gasteiger partial charge in [-0.25, -0.2) is 18.4 Å². The summed E-state index contributed by atoms with van der Waals surface area (Å²) in [5.41, 5.74) is 7.20. The van der Waals surface area contributed by atoms with E-state index in [0.717, 1.165) is 5.56 Å². The summed E-state index contributed by atoms with van der Waals surface area (Å²) in [7, 11) is 0. The zero-order valence-corrected chi connectivity index (χ0v) is 19.5. The number of anilines is 1. The Labute approximate surface area is 210 Å². The number of ether oxygens (including phenoxy) is 3. The summed E-state index contributed by atoms with van der Waals surface area (Å²) < 4.78 is 49.2. The van der Waals surface area contributed by atoms with E-state index >= 15 is 0 Å². The van der Waals surface area contributed by atoms with E-state index in [1.54, 1.807) is 24.3 Å². The Morgan fingerprint density at radius 3 is 2.24 bits per heavy atom. The quantitative estimate of drug-likeness (QED) is 0.288. The number of nitrogens with zero attached hydrogens (tertiary/aromatic N) is 1. The van der Waals surface area contributed by atoms with Crippen LogP contribution >= 0.6 is 0 Å². The van der Waals surface area contributed by atoms with Crippen LogP contribution in [0.3, 0.4) is 0 Å². The number of fused-ring (bicyclic) bond motifs is 1. The largest absolute Gasteiger partial charge is 0.487 e. The third-order valence-corrected chi connectivity index (χ3v) is 5.93. The lowest BCUT2D eigenvalue weighted by Crippen LogP contribution is -2.36. The molecule has 1 aliphatic rings. The van der Waals surface area contributed by atoms with Gasteiger partial charge in [-0.15, -0.1) is 0 Å². The maximum absolute atomic E-state index is 13.6. The van der Waals surface area contributed by atoms with Crippen LogP contribution < -0.4 is 15.4 Å². The van der Waals surface area contributed by atoms with Crippen LogP contribution in [0.2, 0.25) is 0 Å². The van der Waals surface area contributed by atoms with E-state index in [9.17, 15) is 18.4 Å². The molecule has 37 heavy (non-hydrogen) atoms. The average Bonchev–Trinajstić information content (AvgIpc) is 3.27. The van der Waals surface area contributed by atoms with Gasteiger partial charge in [0.05, 0.1) is 18.9 Å². The number of halogens is 2. The molecule has 1 amide bonds. The molecule has 4 aromatic rings. The van der Waals surface area contributed by atoms with Gasteiger partial charge in [-0.2, -0.15) is 0 Å². The highest BCUT2D eigenvalue weighted by molar-refractivity contribution is 6.12. The van der Waals surface area contributed by atoms with E-state index in [2.05, 4.69) is 9.64 Å². The van der Waals surface area contributed by atoms with Gasteiger partial charge in [0.15, 0.2) is 0 Å². The number of furan rings is 1. The monoisotopic (exact) mass is 508 g/mol. The standard InChI is InChI=1S/C27H22F2N2O6/c28-18-5-1-16(2-6-18)15-35-23-13-20-22(14-21(23)31-9-11-34-12-10-31)36-25(17-3-7-19(29)8-4-17)24(20)26(32)37-27(30)33/h1-8,13-14H,9-12,15H2,(H2,30,33). The highest BCUT2D eigenvalue weighted by Gasteiger charge is 2.28. The van der Waals surface area contributed by atoms with Crippen LogP contribution in [-0.2, 0) is 16.1 Å². The highest BCUT2D eigenvalue weighted by Crippen LogP contribution is 2.41. The molecule has 190 valence electrons. The predicted octanol–water partition coefficient (Wildman–Crippen LogP) is 5.03. The molecule has 0 unspecified atom stereocenters. The lowest BCUT2D eigenvalue weighted by Gasteiger charge is -2.30. The molecule has 1 saturated heterocycles. The SMILES string of the molecule is NC(=O)OC(=O)c1c(-c2ccc(F)cc2)oc2cc(N3CCOCC3)c(OCc3ccc(F)cc3)cc12. The van der Waals surface area contributed by atoms with Crippen molar-refractivity contribution in [3.05, 3.63) is 83.4 Å². The van der Waals surface area contributed by atoms with Crippen molar-refractivity contribution in [2.45, 2.75) is 6.61 Å². The highest BCUT2D eigenvalue weighted by atomic mass is 19.1. The molecule has 3 aromatic carbocycles. The third-order valence-electron chi connectivity index (χ3n) is 5.93. The summed E-state index contributed by atoms with van der Waals surface area (Å²) in [5, 5.41) is 0.316. The Bertz CT molecular complexity index is 1440. The summed E-state index contributed by atoms with van der Waals surface area (Å²) in [4.78, 5) is 26.4. The fourth-order valence-electron chi connectivity index (χ4n) is 4.17. The molecule has 0 spiro atoms. The van der Waals surface area contributed by atoms with Gasteiger partial charge < -0.3 is 29.3 Å². The Morgan fingerprint density at radius 1 is 0.946 bits per heavy atom. The van der Waals surface area contributed by atoms with Crippen molar-refractivity contribution in [3.63, 3.8) is 0 Å². The van der Waals surface area contributed by atoms with Crippen LogP contribution in [0.5, 0.6) is 5.75 Å². The molecule has 1 aliphatic heterocycles. The number of nitrogens with two attached hydrogens (primary N) is 1. The van der Waals surface area contributed by atoms with Crippen molar-refractivity contribution in [1.82, 2.24) is 0 Å². The van der Waals surface area contributed by atoms with Gasteiger partial charge >= 0.3 is 12.1 Å². The van der Waals surface area contributed by atoms with Crippen LogP contribution in [0.25, 0.3) is 22.3 Å². The van der Waals surface area contributed by atoms with E-state index < -0.39 is 17.9 Å². The Kier molecular flexibility index (Phi) is 6.74. The second-order valence-corrected chi connectivity index (χ2v) is 8.35. The smallest absolute Gasteiger partial charge is 0.412 e. The Balaban J connectivity index is 1.64. The molecule has 1 aromatic heterocycles. The first-order valence-electron chi connectivity index (χ1n) is 11.5. The fourth-order valence-corrected chi connectivity index (χ4v) is 4.17. The third kappa shape index (κ3) is 5.24. The van der Waals surface area contributed by atoms with E-state index in [1.165, 1.54) is 36.4 Å². The van der Waals surface area contributed by atoms with Gasteiger partial charge in [0.25, 0.3) is 0 Å². The second kappa shape index (κ2) is 10.3. The van der Waals surface area contributed by atoms with E-state index in [4.69, 9.17) is 19.6 Å². The molecule has 10 heteroatoms. The van der Waals surface area contributed by atoms with Gasteiger partial charge in [-0.05, 0) is 48.0 Å². The molecule has 0 radical (unpaired) electrons. The maximum atomic E-state index is 13.6. The molecule has 0 saturated carbocycles. The molecular formula is C27H22F2N2O6. The number of esters is 1. The summed E-state index contributed by atoms with van der Waals surface area (Å²) in [5.74, 6) is -1.33. The van der Waals surface area contributed by atoms with Crippen molar-refractivity contribution in [2.75, 3.05) is 31.2 Å². The van der Waals surface area contributed by atoms with E-state index in [1.807, 2.05) is 0 Å². The number of carbonyl (C=O) groups excluding carboxylic acids is 2. The normalized spacial score (nSPS) is 13.5.